The molecular weight excluding hydrogens is 1450 g/mol. The number of nitrogens with zero attached hydrogens (tertiary/aromatic N) is 9. The highest BCUT2D eigenvalue weighted by atomic mass is 32.1. The van der Waals surface area contributed by atoms with Gasteiger partial charge >= 0.3 is 17.9 Å². The van der Waals surface area contributed by atoms with Crippen molar-refractivity contribution >= 4 is 87.5 Å². The number of carbonyl (C=O) groups excluding carboxylic acids is 6. The number of aryl methyl sites for hydroxylation is 3. The van der Waals surface area contributed by atoms with Gasteiger partial charge in [-0.15, -0.1) is 34.0 Å². The van der Waals surface area contributed by atoms with E-state index in [4.69, 9.17) is 25.3 Å². The second kappa shape index (κ2) is 41.9. The zero-order valence-corrected chi connectivity index (χ0v) is 68.6. The van der Waals surface area contributed by atoms with Gasteiger partial charge in [-0.25, -0.2) is 15.0 Å². The molecule has 3 aromatic rings. The molecule has 0 bridgehead atoms. The summed E-state index contributed by atoms with van der Waals surface area (Å²) in [5.74, 6) is -5.59. The lowest BCUT2D eigenvalue weighted by Crippen LogP contribution is -2.46. The van der Waals surface area contributed by atoms with E-state index in [1.54, 1.807) is 99.6 Å². The minimum atomic E-state index is -1.34. The van der Waals surface area contributed by atoms with Crippen LogP contribution in [0.3, 0.4) is 0 Å². The number of nitrogens with one attached hydrogen (secondary N) is 1. The SMILES string of the molecule is C/C(=C\c1csc(C)n1)C1C[C@@H](O)[C@H](N=[N+]=[N-])CCC[C@H](C)[C@H](O)[C@@H](C)C(=O)C(C)(C)[C@@H](O)CC(=O)O1.C/C(=C\c1csc(C)n1)C1C[C@@H]2N[C@@H]2CCC[C@H](C)[C@H](O)[C@@H](C)C(=O)C(C)(C)[C@@H](O)CC(=O)O1.C/C(=C\c1csc(C)n1)C1C[C@H](N=[N+]=[N-])[C@@H](O)CCC[C@H](C)[C@H](O)[C@@H](C)C(=O)C(C)(C)[C@@H](O)CC(=O)O1. The second-order valence-corrected chi connectivity index (χ2v) is 35.4. The summed E-state index contributed by atoms with van der Waals surface area (Å²) in [6.45, 7) is 31.3. The van der Waals surface area contributed by atoms with Gasteiger partial charge in [-0.2, -0.15) is 0 Å². The number of esters is 3. The van der Waals surface area contributed by atoms with Gasteiger partial charge in [-0.3, -0.25) is 28.8 Å². The molecule has 0 aromatic carbocycles. The van der Waals surface area contributed by atoms with Gasteiger partial charge in [0.25, 0.3) is 0 Å². The van der Waals surface area contributed by atoms with E-state index in [-0.39, 0.29) is 60.4 Å². The molecule has 3 unspecified atom stereocenters. The summed E-state index contributed by atoms with van der Waals surface area (Å²) in [4.78, 5) is 97.4. The molecule has 4 aliphatic rings. The first-order chi connectivity index (χ1) is 50.4. The fourth-order valence-corrected chi connectivity index (χ4v) is 16.0. The number of hydrogen-bond donors (Lipinski definition) is 9. The molecule has 4 fully saturated rings. The molecule has 108 heavy (non-hydrogen) atoms. The molecular formula is C78H120N10O17S3. The van der Waals surface area contributed by atoms with E-state index in [1.165, 1.54) is 22.7 Å². The number of fused-ring (bicyclic) bond motifs is 1. The third-order valence-corrected chi connectivity index (χ3v) is 24.7. The average Bonchev–Trinajstić information content (AvgIpc) is 1.15. The molecule has 27 nitrogen and oxygen atoms in total. The van der Waals surface area contributed by atoms with E-state index in [0.29, 0.717) is 73.5 Å². The van der Waals surface area contributed by atoms with Gasteiger partial charge in [0, 0.05) is 68.6 Å². The minimum absolute atomic E-state index is 0.0193. The van der Waals surface area contributed by atoms with Crippen molar-refractivity contribution in [2.75, 3.05) is 0 Å². The summed E-state index contributed by atoms with van der Waals surface area (Å²) in [6, 6.07) is -1.01. The van der Waals surface area contributed by atoms with Crippen LogP contribution < -0.4 is 5.32 Å². The summed E-state index contributed by atoms with van der Waals surface area (Å²) in [6.07, 6.45) is -0.213. The molecule has 0 spiro atoms. The van der Waals surface area contributed by atoms with Crippen molar-refractivity contribution in [3.63, 3.8) is 0 Å². The Labute approximate surface area is 648 Å². The number of azide groups is 2. The Morgan fingerprint density at radius 1 is 0.463 bits per heavy atom. The Morgan fingerprint density at radius 2 is 0.778 bits per heavy atom. The van der Waals surface area contributed by atoms with Crippen LogP contribution in [0.4, 0.5) is 0 Å². The number of carbonyl (C=O) groups is 6. The number of rotatable bonds is 8. The van der Waals surface area contributed by atoms with Crippen molar-refractivity contribution in [1.29, 1.82) is 0 Å². The van der Waals surface area contributed by atoms with Gasteiger partial charge in [0.1, 0.15) is 35.7 Å². The van der Waals surface area contributed by atoms with Gasteiger partial charge in [0.15, 0.2) is 0 Å². The number of Topliss-reactive ketones (excluding diaryl/α,β-unsaturated/α-hetero) is 3. The molecule has 9 N–H and O–H groups in total. The molecule has 7 heterocycles. The van der Waals surface area contributed by atoms with E-state index in [2.05, 4.69) is 40.3 Å². The summed E-state index contributed by atoms with van der Waals surface area (Å²) in [7, 11) is 0. The fourth-order valence-electron chi connectivity index (χ4n) is 14.3. The molecule has 3 aromatic heterocycles. The molecule has 4 saturated heterocycles. The molecule has 4 aliphatic heterocycles. The van der Waals surface area contributed by atoms with E-state index < -0.39 is 144 Å². The number of thiazole rings is 3. The summed E-state index contributed by atoms with van der Waals surface area (Å²) in [5, 5.41) is 106. The van der Waals surface area contributed by atoms with E-state index >= 15 is 0 Å². The number of aliphatic hydroxyl groups is 8. The van der Waals surface area contributed by atoms with Crippen LogP contribution in [-0.4, -0.2) is 182 Å². The van der Waals surface area contributed by atoms with Crippen LogP contribution in [0.25, 0.3) is 39.1 Å². The molecule has 0 amide bonds. The third-order valence-electron chi connectivity index (χ3n) is 22.4. The summed E-state index contributed by atoms with van der Waals surface area (Å²) in [5.41, 5.74) is 18.8. The monoisotopic (exact) mass is 1560 g/mol. The maximum Gasteiger partial charge on any atom is 0.309 e. The molecule has 21 atom stereocenters. The van der Waals surface area contributed by atoms with Gasteiger partial charge < -0.3 is 60.4 Å². The lowest BCUT2D eigenvalue weighted by Gasteiger charge is -2.35. The highest BCUT2D eigenvalue weighted by Gasteiger charge is 2.47. The van der Waals surface area contributed by atoms with Crippen LogP contribution in [0.5, 0.6) is 0 Å². The lowest BCUT2D eigenvalue weighted by atomic mass is 9.73. The first kappa shape index (κ1) is 92.4. The van der Waals surface area contributed by atoms with Crippen LogP contribution >= 0.6 is 34.0 Å². The Kier molecular flexibility index (Phi) is 35.8. The van der Waals surface area contributed by atoms with Crippen molar-refractivity contribution in [3.8, 4) is 0 Å². The maximum absolute atomic E-state index is 13.2. The molecule has 0 saturated carbocycles. The third kappa shape index (κ3) is 26.8. The summed E-state index contributed by atoms with van der Waals surface area (Å²) >= 11 is 4.53. The Morgan fingerprint density at radius 3 is 1.11 bits per heavy atom. The van der Waals surface area contributed by atoms with Crippen LogP contribution in [0.2, 0.25) is 0 Å². The van der Waals surface area contributed by atoms with Crippen molar-refractivity contribution in [2.45, 2.75) is 312 Å². The zero-order chi connectivity index (χ0) is 81.0. The number of aromatic nitrogens is 3. The quantitative estimate of drug-likeness (QED) is 0.0252. The first-order valence-corrected chi connectivity index (χ1v) is 40.4. The predicted molar refractivity (Wildman–Crippen MR) is 416 cm³/mol. The van der Waals surface area contributed by atoms with Crippen molar-refractivity contribution in [3.05, 3.63) is 85.8 Å². The van der Waals surface area contributed by atoms with Gasteiger partial charge in [0.2, 0.25) is 0 Å². The number of cyclic esters (lactones) is 3. The number of ether oxygens (including phenoxy) is 3. The first-order valence-electron chi connectivity index (χ1n) is 37.8. The number of hydrogen-bond acceptors (Lipinski definition) is 26. The minimum Gasteiger partial charge on any atom is -0.458 e. The van der Waals surface area contributed by atoms with Crippen LogP contribution in [0, 0.1) is 72.5 Å². The Balaban J connectivity index is 0.000000291. The van der Waals surface area contributed by atoms with Gasteiger partial charge in [-0.05, 0) is 150 Å². The second-order valence-electron chi connectivity index (χ2n) is 32.2. The topological polar surface area (TPSA) is 450 Å². The highest BCUT2D eigenvalue weighted by Crippen LogP contribution is 2.38. The van der Waals surface area contributed by atoms with E-state index in [1.807, 2.05) is 70.7 Å². The number of ketones is 3. The number of aliphatic hydroxyl groups excluding tert-OH is 8. The van der Waals surface area contributed by atoms with Crippen molar-refractivity contribution in [2.24, 2.45) is 62.0 Å². The fraction of sp³-hybridized carbons (Fsp3) is 0.731. The molecule has 30 heteroatoms. The van der Waals surface area contributed by atoms with Crippen LogP contribution in [-0.2, 0) is 43.0 Å². The molecule has 0 aliphatic carbocycles. The molecule has 7 rings (SSSR count). The van der Waals surface area contributed by atoms with Crippen molar-refractivity contribution in [1.82, 2.24) is 20.3 Å². The van der Waals surface area contributed by atoms with Crippen LogP contribution in [0.1, 0.15) is 232 Å². The predicted octanol–water partition coefficient (Wildman–Crippen LogP) is 12.4. The largest absolute Gasteiger partial charge is 0.458 e. The summed E-state index contributed by atoms with van der Waals surface area (Å²) < 4.78 is 17.3. The average molecular weight is 1570 g/mol. The standard InChI is InChI=1S/2C26H40N4O6S.C26H40N2O5S/c1-14-8-7-9-20(31)19(29-30-27)11-21(15(2)10-18-13-37-17(4)28-18)36-23(33)12-22(32)26(5,6)25(35)16(3)24(14)34;1-14-8-7-9-19(29-30-27)20(31)11-21(15(2)10-18-13-37-17(4)28-18)36-23(33)12-22(32)26(5,6)25(35)16(3)24(14)34;1-14-8-7-9-19-20(28-19)11-21(15(2)10-18-13-34-17(4)27-18)33-23(30)12-22(29)26(5,6)25(32)16(3)24(14)31/h2*10,13-14,16,19-22,24,31-32,34H,7-9,11-12H2,1-6H3;10,13-14,16,19-22,24,28-29,31H,7-9,11-12H2,1-6H3/b3*15-10+/t14-,16+,19-,20-,21?,22-,24-;14-,16+,19+,20+,21?,22-,24-;14-,16+,19+,20-,21?,22-,24-/m000/s1. The smallest absolute Gasteiger partial charge is 0.309 e. The normalized spacial score (nSPS) is 33.9. The molecule has 602 valence electrons. The lowest BCUT2D eigenvalue weighted by molar-refractivity contribution is -0.156. The Hall–Kier alpha value is -6.21. The van der Waals surface area contributed by atoms with Crippen LogP contribution in [0.15, 0.2) is 43.1 Å². The van der Waals surface area contributed by atoms with Gasteiger partial charge in [0.05, 0.1) is 129 Å². The zero-order valence-electron chi connectivity index (χ0n) is 66.2. The Bertz CT molecular complexity index is 3690. The van der Waals surface area contributed by atoms with Crippen molar-refractivity contribution < 1.29 is 83.8 Å². The van der Waals surface area contributed by atoms with E-state index in [0.717, 1.165) is 45.6 Å². The van der Waals surface area contributed by atoms with E-state index in [9.17, 15) is 69.6 Å². The van der Waals surface area contributed by atoms with Gasteiger partial charge in [-0.1, -0.05) is 113 Å². The molecule has 0 radical (unpaired) electrons. The highest BCUT2D eigenvalue weighted by molar-refractivity contribution is 7.10. The maximum atomic E-state index is 13.2.